The molecule has 0 unspecified atom stereocenters. The highest BCUT2D eigenvalue weighted by atomic mass is 16.5. The minimum atomic E-state index is -0.604. The molecular formula is C20H19N3O2. The molecule has 1 atom stereocenters. The smallest absolute Gasteiger partial charge is 0.244 e. The monoisotopic (exact) mass is 333 g/mol. The van der Waals surface area contributed by atoms with Gasteiger partial charge in [0.2, 0.25) is 5.91 Å². The minimum Gasteiger partial charge on any atom is -0.487 e. The number of nitrogens with zero attached hydrogens (tertiary/aromatic N) is 1. The molecule has 0 aliphatic carbocycles. The van der Waals surface area contributed by atoms with Gasteiger partial charge in [-0.3, -0.25) is 9.78 Å². The number of anilines is 1. The Hall–Kier alpha value is -3.34. The molecule has 25 heavy (non-hydrogen) atoms. The third-order valence-electron chi connectivity index (χ3n) is 3.68. The van der Waals surface area contributed by atoms with E-state index in [0.717, 1.165) is 16.9 Å². The summed E-state index contributed by atoms with van der Waals surface area (Å²) in [6.45, 7) is 0.377. The van der Waals surface area contributed by atoms with Crippen LogP contribution in [0.1, 0.15) is 17.3 Å². The summed E-state index contributed by atoms with van der Waals surface area (Å²) in [7, 11) is 0. The lowest BCUT2D eigenvalue weighted by Gasteiger charge is -2.17. The number of rotatable bonds is 7. The number of carbonyl (C=O) groups is 1. The predicted molar refractivity (Wildman–Crippen MR) is 97.0 cm³/mol. The zero-order valence-electron chi connectivity index (χ0n) is 13.6. The van der Waals surface area contributed by atoms with Crippen molar-refractivity contribution in [3.05, 3.63) is 90.3 Å². The summed E-state index contributed by atoms with van der Waals surface area (Å²) in [4.78, 5) is 16.0. The van der Waals surface area contributed by atoms with Crippen molar-refractivity contribution in [1.29, 1.82) is 0 Å². The maximum atomic E-state index is 11.8. The van der Waals surface area contributed by atoms with Gasteiger partial charge in [0.15, 0.2) is 0 Å². The van der Waals surface area contributed by atoms with Gasteiger partial charge in [-0.05, 0) is 29.8 Å². The quantitative estimate of drug-likeness (QED) is 0.695. The van der Waals surface area contributed by atoms with Gasteiger partial charge in [0, 0.05) is 18.0 Å². The third-order valence-corrected chi connectivity index (χ3v) is 3.68. The number of primary amides is 1. The van der Waals surface area contributed by atoms with Crippen LogP contribution in [0, 0.1) is 0 Å². The molecule has 0 aliphatic rings. The number of nitrogens with one attached hydrogen (secondary N) is 1. The molecule has 3 aromatic rings. The summed E-state index contributed by atoms with van der Waals surface area (Å²) in [5.41, 5.74) is 7.97. The molecule has 126 valence electrons. The predicted octanol–water partition coefficient (Wildman–Crippen LogP) is 3.30. The fourth-order valence-electron chi connectivity index (χ4n) is 2.45. The first-order valence-electron chi connectivity index (χ1n) is 7.96. The van der Waals surface area contributed by atoms with Crippen LogP contribution in [-0.4, -0.2) is 10.9 Å². The van der Waals surface area contributed by atoms with Gasteiger partial charge in [-0.25, -0.2) is 0 Å². The lowest BCUT2D eigenvalue weighted by Crippen LogP contribution is -2.27. The van der Waals surface area contributed by atoms with Gasteiger partial charge in [0.05, 0.1) is 5.69 Å². The van der Waals surface area contributed by atoms with Crippen molar-refractivity contribution in [2.75, 3.05) is 5.32 Å². The van der Waals surface area contributed by atoms with Crippen LogP contribution in [0.25, 0.3) is 0 Å². The molecular weight excluding hydrogens is 314 g/mol. The van der Waals surface area contributed by atoms with E-state index in [-0.39, 0.29) is 0 Å². The molecule has 0 fully saturated rings. The van der Waals surface area contributed by atoms with E-state index in [1.807, 2.05) is 72.8 Å². The van der Waals surface area contributed by atoms with Gasteiger partial charge < -0.3 is 15.8 Å². The van der Waals surface area contributed by atoms with E-state index in [1.165, 1.54) is 0 Å². The first kappa shape index (κ1) is 16.5. The van der Waals surface area contributed by atoms with E-state index in [2.05, 4.69) is 10.3 Å². The van der Waals surface area contributed by atoms with Crippen molar-refractivity contribution >= 4 is 11.6 Å². The second-order valence-corrected chi connectivity index (χ2v) is 5.53. The first-order chi connectivity index (χ1) is 12.2. The van der Waals surface area contributed by atoms with Crippen LogP contribution >= 0.6 is 0 Å². The van der Waals surface area contributed by atoms with Gasteiger partial charge >= 0.3 is 0 Å². The molecule has 3 N–H and O–H groups in total. The van der Waals surface area contributed by atoms with Gasteiger partial charge in [-0.15, -0.1) is 0 Å². The molecule has 1 amide bonds. The minimum absolute atomic E-state index is 0.377. The topological polar surface area (TPSA) is 77.2 Å². The molecule has 3 rings (SSSR count). The fraction of sp³-hybridized carbons (Fsp3) is 0.100. The number of hydrogen-bond donors (Lipinski definition) is 2. The van der Waals surface area contributed by atoms with E-state index in [4.69, 9.17) is 10.5 Å². The van der Waals surface area contributed by atoms with Gasteiger partial charge in [-0.1, -0.05) is 42.5 Å². The zero-order chi connectivity index (χ0) is 17.5. The van der Waals surface area contributed by atoms with E-state index >= 15 is 0 Å². The van der Waals surface area contributed by atoms with E-state index in [0.29, 0.717) is 12.4 Å². The van der Waals surface area contributed by atoms with Crippen molar-refractivity contribution in [1.82, 2.24) is 4.98 Å². The molecule has 1 heterocycles. The SMILES string of the molecule is NC(=O)[C@@H](Nc1cccc(OCc2ccccn2)c1)c1ccccc1. The highest BCUT2D eigenvalue weighted by Gasteiger charge is 2.17. The Bertz CT molecular complexity index is 823. The maximum absolute atomic E-state index is 11.8. The van der Waals surface area contributed by atoms with E-state index in [9.17, 15) is 4.79 Å². The largest absolute Gasteiger partial charge is 0.487 e. The van der Waals surface area contributed by atoms with Crippen LogP contribution in [-0.2, 0) is 11.4 Å². The summed E-state index contributed by atoms with van der Waals surface area (Å²) < 4.78 is 5.76. The van der Waals surface area contributed by atoms with Crippen molar-refractivity contribution in [2.24, 2.45) is 5.73 Å². The standard InChI is InChI=1S/C20H19N3O2/c21-20(24)19(15-7-2-1-3-8-15)23-16-10-6-11-18(13-16)25-14-17-9-4-5-12-22-17/h1-13,19,23H,14H2,(H2,21,24)/t19-/m0/s1. The van der Waals surface area contributed by atoms with Gasteiger partial charge in [0.25, 0.3) is 0 Å². The van der Waals surface area contributed by atoms with Crippen LogP contribution in [0.2, 0.25) is 0 Å². The number of amides is 1. The van der Waals surface area contributed by atoms with Gasteiger partial charge in [-0.2, -0.15) is 0 Å². The van der Waals surface area contributed by atoms with Crippen molar-refractivity contribution < 1.29 is 9.53 Å². The molecule has 0 saturated heterocycles. The molecule has 0 spiro atoms. The Balaban J connectivity index is 1.71. The Morgan fingerprint density at radius 2 is 1.84 bits per heavy atom. The third kappa shape index (κ3) is 4.57. The second-order valence-electron chi connectivity index (χ2n) is 5.53. The normalized spacial score (nSPS) is 11.5. The molecule has 5 heteroatoms. The summed E-state index contributed by atoms with van der Waals surface area (Å²) in [6.07, 6.45) is 1.73. The molecule has 0 saturated carbocycles. The number of hydrogen-bond acceptors (Lipinski definition) is 4. The lowest BCUT2D eigenvalue weighted by molar-refractivity contribution is -0.118. The van der Waals surface area contributed by atoms with Crippen molar-refractivity contribution in [3.8, 4) is 5.75 Å². The number of aromatic nitrogens is 1. The molecule has 2 aromatic carbocycles. The molecule has 0 radical (unpaired) electrons. The molecule has 0 aliphatic heterocycles. The molecule has 1 aromatic heterocycles. The van der Waals surface area contributed by atoms with Crippen LogP contribution in [0.3, 0.4) is 0 Å². The molecule has 5 nitrogen and oxygen atoms in total. The number of pyridine rings is 1. The van der Waals surface area contributed by atoms with Crippen LogP contribution < -0.4 is 15.8 Å². The van der Waals surface area contributed by atoms with E-state index in [1.54, 1.807) is 6.20 Å². The Morgan fingerprint density at radius 1 is 1.04 bits per heavy atom. The Labute approximate surface area is 146 Å². The maximum Gasteiger partial charge on any atom is 0.244 e. The Morgan fingerprint density at radius 3 is 2.56 bits per heavy atom. The van der Waals surface area contributed by atoms with Crippen LogP contribution in [0.4, 0.5) is 5.69 Å². The summed E-state index contributed by atoms with van der Waals surface area (Å²) in [5, 5.41) is 3.16. The number of benzene rings is 2. The fourth-order valence-corrected chi connectivity index (χ4v) is 2.45. The number of carbonyl (C=O) groups excluding carboxylic acids is 1. The Kier molecular flexibility index (Phi) is 5.26. The summed E-state index contributed by atoms with van der Waals surface area (Å²) >= 11 is 0. The van der Waals surface area contributed by atoms with Crippen LogP contribution in [0.15, 0.2) is 79.0 Å². The second kappa shape index (κ2) is 7.97. The lowest BCUT2D eigenvalue weighted by atomic mass is 10.1. The highest BCUT2D eigenvalue weighted by molar-refractivity contribution is 5.84. The number of nitrogens with two attached hydrogens (primary N) is 1. The van der Waals surface area contributed by atoms with Gasteiger partial charge in [0.1, 0.15) is 18.4 Å². The first-order valence-corrected chi connectivity index (χ1v) is 7.96. The zero-order valence-corrected chi connectivity index (χ0v) is 13.6. The summed E-state index contributed by atoms with van der Waals surface area (Å²) in [5.74, 6) is 0.248. The van der Waals surface area contributed by atoms with Crippen molar-refractivity contribution in [3.63, 3.8) is 0 Å². The highest BCUT2D eigenvalue weighted by Crippen LogP contribution is 2.23. The number of ether oxygens (including phenoxy) is 1. The average molecular weight is 333 g/mol. The van der Waals surface area contributed by atoms with E-state index < -0.39 is 11.9 Å². The average Bonchev–Trinajstić information content (AvgIpc) is 2.66. The van der Waals surface area contributed by atoms with Crippen molar-refractivity contribution in [2.45, 2.75) is 12.6 Å². The van der Waals surface area contributed by atoms with Crippen LogP contribution in [0.5, 0.6) is 5.75 Å². The molecule has 0 bridgehead atoms. The summed E-state index contributed by atoms with van der Waals surface area (Å²) in [6, 6.07) is 21.9.